The second-order valence-electron chi connectivity index (χ2n) is 4.71. The zero-order valence-electron chi connectivity index (χ0n) is 12.6. The molecule has 0 aliphatic heterocycles. The molecule has 5 nitrogen and oxygen atoms in total. The van der Waals surface area contributed by atoms with Crippen molar-refractivity contribution in [3.05, 3.63) is 11.9 Å². The molecule has 1 rings (SSSR count). The van der Waals surface area contributed by atoms with Crippen molar-refractivity contribution in [1.29, 1.82) is 0 Å². The van der Waals surface area contributed by atoms with E-state index in [9.17, 15) is 13.2 Å². The highest BCUT2D eigenvalue weighted by molar-refractivity contribution is 5.47. The highest BCUT2D eigenvalue weighted by atomic mass is 19.4. The molecule has 0 radical (unpaired) electrons. The van der Waals surface area contributed by atoms with Crippen molar-refractivity contribution in [2.75, 3.05) is 43.9 Å². The Labute approximate surface area is 123 Å². The van der Waals surface area contributed by atoms with Gasteiger partial charge in [-0.25, -0.2) is 9.97 Å². The number of likely N-dealkylation sites (N-methyl/N-ethyl adjacent to an activating group) is 1. The lowest BCUT2D eigenvalue weighted by Gasteiger charge is -2.15. The topological polar surface area (TPSA) is 53.1 Å². The monoisotopic (exact) mass is 305 g/mol. The Morgan fingerprint density at radius 2 is 1.67 bits per heavy atom. The van der Waals surface area contributed by atoms with Crippen molar-refractivity contribution in [1.82, 2.24) is 14.9 Å². The van der Waals surface area contributed by atoms with Gasteiger partial charge in [0, 0.05) is 25.7 Å². The Bertz CT molecular complexity index is 436. The molecule has 0 saturated carbocycles. The van der Waals surface area contributed by atoms with Gasteiger partial charge in [-0.15, -0.1) is 0 Å². The number of anilines is 2. The van der Waals surface area contributed by atoms with Gasteiger partial charge in [0.25, 0.3) is 0 Å². The molecule has 1 aromatic heterocycles. The summed E-state index contributed by atoms with van der Waals surface area (Å²) in [6.07, 6.45) is -3.75. The van der Waals surface area contributed by atoms with E-state index < -0.39 is 12.0 Å². The molecular weight excluding hydrogens is 283 g/mol. The zero-order chi connectivity index (χ0) is 15.9. The van der Waals surface area contributed by atoms with Gasteiger partial charge >= 0.3 is 6.18 Å². The lowest BCUT2D eigenvalue weighted by atomic mass is 10.4. The number of aromatic nitrogens is 2. The van der Waals surface area contributed by atoms with Gasteiger partial charge in [0.05, 0.1) is 0 Å². The third kappa shape index (κ3) is 6.16. The number of nitrogens with one attached hydrogen (secondary N) is 2. The van der Waals surface area contributed by atoms with E-state index in [2.05, 4.69) is 25.5 Å². The van der Waals surface area contributed by atoms with Crippen molar-refractivity contribution in [2.45, 2.75) is 26.4 Å². The van der Waals surface area contributed by atoms with E-state index in [0.717, 1.165) is 19.5 Å². The van der Waals surface area contributed by atoms with Crippen LogP contribution in [0.15, 0.2) is 6.07 Å². The van der Waals surface area contributed by atoms with Crippen molar-refractivity contribution < 1.29 is 13.2 Å². The van der Waals surface area contributed by atoms with Crippen molar-refractivity contribution >= 4 is 11.6 Å². The van der Waals surface area contributed by atoms with Crippen LogP contribution in [-0.4, -0.2) is 48.1 Å². The molecule has 0 fully saturated rings. The largest absolute Gasteiger partial charge is 0.451 e. The Kier molecular flexibility index (Phi) is 6.67. The Hall–Kier alpha value is -1.57. The van der Waals surface area contributed by atoms with Crippen molar-refractivity contribution in [2.24, 2.45) is 0 Å². The molecule has 8 heteroatoms. The van der Waals surface area contributed by atoms with Gasteiger partial charge in [-0.2, -0.15) is 13.2 Å². The third-order valence-electron chi connectivity index (χ3n) is 2.88. The smallest absolute Gasteiger partial charge is 0.370 e. The first-order chi connectivity index (χ1) is 9.86. The number of rotatable bonds is 8. The minimum atomic E-state index is -4.56. The number of hydrogen-bond acceptors (Lipinski definition) is 5. The summed E-state index contributed by atoms with van der Waals surface area (Å²) in [6.45, 7) is 6.62. The van der Waals surface area contributed by atoms with E-state index in [1.54, 1.807) is 0 Å². The number of hydrogen-bond donors (Lipinski definition) is 2. The average molecular weight is 305 g/mol. The van der Waals surface area contributed by atoms with Gasteiger partial charge < -0.3 is 15.5 Å². The summed E-state index contributed by atoms with van der Waals surface area (Å²) in [5.41, 5.74) is 0. The fraction of sp³-hybridized carbons (Fsp3) is 0.692. The van der Waals surface area contributed by atoms with Crippen LogP contribution >= 0.6 is 0 Å². The minimum Gasteiger partial charge on any atom is -0.370 e. The van der Waals surface area contributed by atoms with Crippen LogP contribution in [-0.2, 0) is 6.18 Å². The lowest BCUT2D eigenvalue weighted by molar-refractivity contribution is -0.144. The number of nitrogens with zero attached hydrogens (tertiary/aromatic N) is 3. The highest BCUT2D eigenvalue weighted by Crippen LogP contribution is 2.28. The van der Waals surface area contributed by atoms with Gasteiger partial charge in [-0.3, -0.25) is 0 Å². The molecule has 0 atom stereocenters. The predicted molar refractivity (Wildman–Crippen MR) is 77.5 cm³/mol. The molecular formula is C13H22F3N5. The maximum Gasteiger partial charge on any atom is 0.451 e. The molecule has 120 valence electrons. The van der Waals surface area contributed by atoms with E-state index in [1.807, 2.05) is 20.9 Å². The summed E-state index contributed by atoms with van der Waals surface area (Å²) in [4.78, 5) is 9.08. The summed E-state index contributed by atoms with van der Waals surface area (Å²) >= 11 is 0. The van der Waals surface area contributed by atoms with Crippen molar-refractivity contribution in [3.8, 4) is 0 Å². The normalized spacial score (nSPS) is 11.8. The molecule has 0 amide bonds. The third-order valence-corrected chi connectivity index (χ3v) is 2.88. The average Bonchev–Trinajstić information content (AvgIpc) is 2.43. The fourth-order valence-electron chi connectivity index (χ4n) is 1.54. The highest BCUT2D eigenvalue weighted by Gasteiger charge is 2.35. The molecule has 0 bridgehead atoms. The second kappa shape index (κ2) is 8.02. The van der Waals surface area contributed by atoms with Crippen LogP contribution in [0.1, 0.15) is 26.1 Å². The van der Waals surface area contributed by atoms with Gasteiger partial charge in [0.1, 0.15) is 11.6 Å². The number of halogens is 3. The van der Waals surface area contributed by atoms with E-state index >= 15 is 0 Å². The molecule has 2 N–H and O–H groups in total. The van der Waals surface area contributed by atoms with Gasteiger partial charge in [0.2, 0.25) is 5.82 Å². The second-order valence-corrected chi connectivity index (χ2v) is 4.71. The summed E-state index contributed by atoms with van der Waals surface area (Å²) in [7, 11) is 1.94. The van der Waals surface area contributed by atoms with Crippen LogP contribution in [0.5, 0.6) is 0 Å². The van der Waals surface area contributed by atoms with Crippen LogP contribution < -0.4 is 10.6 Å². The lowest BCUT2D eigenvalue weighted by Crippen LogP contribution is -2.25. The summed E-state index contributed by atoms with van der Waals surface area (Å²) < 4.78 is 38.4. The quantitative estimate of drug-likeness (QED) is 0.773. The van der Waals surface area contributed by atoms with E-state index in [1.165, 1.54) is 6.07 Å². The summed E-state index contributed by atoms with van der Waals surface area (Å²) in [5.74, 6) is -0.763. The fourth-order valence-corrected chi connectivity index (χ4v) is 1.54. The molecule has 0 saturated heterocycles. The Morgan fingerprint density at radius 3 is 2.14 bits per heavy atom. The molecule has 0 aromatic carbocycles. The van der Waals surface area contributed by atoms with Crippen LogP contribution in [0.2, 0.25) is 0 Å². The molecule has 0 unspecified atom stereocenters. The van der Waals surface area contributed by atoms with Gasteiger partial charge in [-0.1, -0.05) is 13.8 Å². The van der Waals surface area contributed by atoms with E-state index in [-0.39, 0.29) is 11.6 Å². The SMILES string of the molecule is CCCNc1cc(NCCN(C)CC)nc(C(F)(F)F)n1. The standard InChI is InChI=1S/C13H22F3N5/c1-4-6-17-10-9-11(18-7-8-21(3)5-2)20-12(19-10)13(14,15)16/h9H,4-8H2,1-3H3,(H2,17,18,19,20). The predicted octanol–water partition coefficient (Wildman–Crippen LogP) is 2.68. The van der Waals surface area contributed by atoms with Crippen LogP contribution in [0.4, 0.5) is 24.8 Å². The molecule has 21 heavy (non-hydrogen) atoms. The van der Waals surface area contributed by atoms with Gasteiger partial charge in [0.15, 0.2) is 0 Å². The first-order valence-corrected chi connectivity index (χ1v) is 6.99. The Balaban J connectivity index is 2.81. The summed E-state index contributed by atoms with van der Waals surface area (Å²) in [5, 5.41) is 5.76. The van der Waals surface area contributed by atoms with E-state index in [4.69, 9.17) is 0 Å². The molecule has 1 heterocycles. The maximum atomic E-state index is 12.8. The zero-order valence-corrected chi connectivity index (χ0v) is 12.6. The minimum absolute atomic E-state index is 0.181. The van der Waals surface area contributed by atoms with Crippen LogP contribution in [0, 0.1) is 0 Å². The summed E-state index contributed by atoms with van der Waals surface area (Å²) in [6, 6.07) is 1.50. The molecule has 0 aliphatic rings. The van der Waals surface area contributed by atoms with Crippen LogP contribution in [0.25, 0.3) is 0 Å². The Morgan fingerprint density at radius 1 is 1.10 bits per heavy atom. The van der Waals surface area contributed by atoms with E-state index in [0.29, 0.717) is 13.1 Å². The maximum absolute atomic E-state index is 12.8. The van der Waals surface area contributed by atoms with Gasteiger partial charge in [-0.05, 0) is 20.0 Å². The number of alkyl halides is 3. The first-order valence-electron chi connectivity index (χ1n) is 6.99. The molecule has 0 aliphatic carbocycles. The molecule has 1 aromatic rings. The molecule has 0 spiro atoms. The van der Waals surface area contributed by atoms with Crippen molar-refractivity contribution in [3.63, 3.8) is 0 Å². The van der Waals surface area contributed by atoms with Crippen LogP contribution in [0.3, 0.4) is 0 Å². The first kappa shape index (κ1) is 17.5.